The number of thioether (sulfide) groups is 1. The number of allylic oxidation sites excluding steroid dienone is 10. The lowest BCUT2D eigenvalue weighted by Gasteiger charge is -2.21. The molecule has 29 heavy (non-hydrogen) atoms. The van der Waals surface area contributed by atoms with Crippen LogP contribution in [0.4, 0.5) is 0 Å². The predicted molar refractivity (Wildman–Crippen MR) is 131 cm³/mol. The molecule has 0 aliphatic rings. The molecule has 0 aromatic rings. The molecule has 0 heterocycles. The highest BCUT2D eigenvalue weighted by atomic mass is 32.2. The van der Waals surface area contributed by atoms with Crippen LogP contribution in [0, 0.1) is 0 Å². The van der Waals surface area contributed by atoms with Crippen molar-refractivity contribution >= 4 is 17.7 Å². The van der Waals surface area contributed by atoms with Crippen molar-refractivity contribution in [1.29, 1.82) is 0 Å². The van der Waals surface area contributed by atoms with Crippen LogP contribution in [-0.2, 0) is 9.53 Å². The van der Waals surface area contributed by atoms with E-state index in [-0.39, 0.29) is 5.97 Å². The maximum atomic E-state index is 11.8. The molecular weight excluding hydrogens is 376 g/mol. The topological polar surface area (TPSA) is 26.3 Å². The Balaban J connectivity index is 3.61. The molecule has 0 saturated heterocycles. The van der Waals surface area contributed by atoms with E-state index >= 15 is 0 Å². The second-order valence-corrected chi connectivity index (χ2v) is 9.00. The molecule has 0 saturated carbocycles. The lowest BCUT2D eigenvalue weighted by atomic mass is 10.2. The predicted octanol–water partition coefficient (Wildman–Crippen LogP) is 7.98. The van der Waals surface area contributed by atoms with E-state index in [9.17, 15) is 4.79 Å². The first-order valence-electron chi connectivity index (χ1n) is 11.1. The number of hydrogen-bond acceptors (Lipinski definition) is 3. The molecule has 0 radical (unpaired) electrons. The van der Waals surface area contributed by atoms with Crippen molar-refractivity contribution in [2.75, 3.05) is 12.4 Å². The summed E-state index contributed by atoms with van der Waals surface area (Å²) in [5.74, 6) is 0.888. The molecule has 0 aliphatic heterocycles. The van der Waals surface area contributed by atoms with Crippen LogP contribution in [-0.4, -0.2) is 23.1 Å². The molecule has 2 nitrogen and oxygen atoms in total. The van der Waals surface area contributed by atoms with Gasteiger partial charge in [-0.3, -0.25) is 4.79 Å². The number of rotatable bonds is 17. The zero-order chi connectivity index (χ0) is 21.6. The Morgan fingerprint density at radius 2 is 1.24 bits per heavy atom. The molecule has 0 N–H and O–H groups in total. The van der Waals surface area contributed by atoms with Crippen LogP contribution in [0.5, 0.6) is 0 Å². The molecule has 0 bridgehead atoms. The highest BCUT2D eigenvalue weighted by molar-refractivity contribution is 8.01. The van der Waals surface area contributed by atoms with Crippen molar-refractivity contribution in [3.05, 3.63) is 60.8 Å². The zero-order valence-corrected chi connectivity index (χ0v) is 19.9. The maximum Gasteiger partial charge on any atom is 0.321 e. The molecular formula is C26H42O2S. The van der Waals surface area contributed by atoms with Crippen LogP contribution >= 0.6 is 11.8 Å². The number of ether oxygens (including phenoxy) is 1. The standard InChI is InChI=1S/C26H42O2S/c1-5-7-8-9-10-11-12-13-14-15-16-17-18-19-20-21-22-23-24-29-26(3,4)25(27)28-6-2/h7-8,10-11,13-14,16-17,19-20H,5-6,9,12,15,18,21-24H2,1-4H3/b8-7-,11-10-,14-13-,17-16-,20-19-. The van der Waals surface area contributed by atoms with Gasteiger partial charge in [0, 0.05) is 0 Å². The lowest BCUT2D eigenvalue weighted by Crippen LogP contribution is -2.30. The maximum absolute atomic E-state index is 11.8. The fraction of sp³-hybridized carbons (Fsp3) is 0.577. The molecule has 164 valence electrons. The normalized spacial score (nSPS) is 13.1. The SMILES string of the molecule is CC/C=C\C/C=C\C/C=C\C/C=C\C/C=C\CCCCSC(C)(C)C(=O)OCC. The van der Waals surface area contributed by atoms with Gasteiger partial charge in [-0.25, -0.2) is 0 Å². The summed E-state index contributed by atoms with van der Waals surface area (Å²) in [7, 11) is 0. The highest BCUT2D eigenvalue weighted by Crippen LogP contribution is 2.27. The number of carbonyl (C=O) groups excluding carboxylic acids is 1. The van der Waals surface area contributed by atoms with Crippen molar-refractivity contribution in [2.45, 2.75) is 83.8 Å². The zero-order valence-electron chi connectivity index (χ0n) is 19.1. The minimum Gasteiger partial charge on any atom is -0.465 e. The Morgan fingerprint density at radius 1 is 0.759 bits per heavy atom. The third kappa shape index (κ3) is 18.3. The fourth-order valence-electron chi connectivity index (χ4n) is 2.42. The fourth-order valence-corrected chi connectivity index (χ4v) is 3.46. The summed E-state index contributed by atoms with van der Waals surface area (Å²) >= 11 is 1.69. The van der Waals surface area contributed by atoms with Gasteiger partial charge in [0.2, 0.25) is 0 Å². The third-order valence-electron chi connectivity index (χ3n) is 4.15. The van der Waals surface area contributed by atoms with Crippen molar-refractivity contribution in [3.8, 4) is 0 Å². The van der Waals surface area contributed by atoms with Crippen LogP contribution < -0.4 is 0 Å². The number of carbonyl (C=O) groups is 1. The first kappa shape index (κ1) is 27.5. The van der Waals surface area contributed by atoms with Crippen molar-refractivity contribution < 1.29 is 9.53 Å². The smallest absolute Gasteiger partial charge is 0.321 e. The van der Waals surface area contributed by atoms with Gasteiger partial charge in [-0.2, -0.15) is 0 Å². The Morgan fingerprint density at radius 3 is 1.72 bits per heavy atom. The Kier molecular flexibility index (Phi) is 18.8. The third-order valence-corrected chi connectivity index (χ3v) is 5.53. The second kappa shape index (κ2) is 19.8. The summed E-state index contributed by atoms with van der Waals surface area (Å²) in [5.41, 5.74) is 0. The quantitative estimate of drug-likeness (QED) is 0.136. The van der Waals surface area contributed by atoms with Crippen LogP contribution in [0.3, 0.4) is 0 Å². The molecule has 0 atom stereocenters. The number of unbranched alkanes of at least 4 members (excludes halogenated alkanes) is 2. The molecule has 0 unspecified atom stereocenters. The van der Waals surface area contributed by atoms with Crippen LogP contribution in [0.2, 0.25) is 0 Å². The van der Waals surface area contributed by atoms with Gasteiger partial charge in [-0.1, -0.05) is 67.7 Å². The largest absolute Gasteiger partial charge is 0.465 e. The minimum absolute atomic E-state index is 0.108. The second-order valence-electron chi connectivity index (χ2n) is 7.28. The average molecular weight is 419 g/mol. The van der Waals surface area contributed by atoms with E-state index in [2.05, 4.69) is 67.7 Å². The van der Waals surface area contributed by atoms with Gasteiger partial charge in [0.25, 0.3) is 0 Å². The van der Waals surface area contributed by atoms with Gasteiger partial charge in [0.05, 0.1) is 6.61 Å². The molecule has 3 heteroatoms. The summed E-state index contributed by atoms with van der Waals surface area (Å²) in [6, 6.07) is 0. The van der Waals surface area contributed by atoms with E-state index in [1.807, 2.05) is 20.8 Å². The van der Waals surface area contributed by atoms with E-state index in [0.717, 1.165) is 57.1 Å². The first-order valence-corrected chi connectivity index (χ1v) is 12.1. The first-order chi connectivity index (χ1) is 14.0. The van der Waals surface area contributed by atoms with Gasteiger partial charge in [0.1, 0.15) is 4.75 Å². The molecule has 0 aromatic heterocycles. The van der Waals surface area contributed by atoms with E-state index in [4.69, 9.17) is 4.74 Å². The Hall–Kier alpha value is -1.48. The van der Waals surface area contributed by atoms with Crippen LogP contribution in [0.25, 0.3) is 0 Å². The summed E-state index contributed by atoms with van der Waals surface area (Å²) in [6.45, 7) is 8.35. The monoisotopic (exact) mass is 418 g/mol. The van der Waals surface area contributed by atoms with Crippen LogP contribution in [0.1, 0.15) is 79.1 Å². The van der Waals surface area contributed by atoms with E-state index in [0.29, 0.717) is 6.61 Å². The minimum atomic E-state index is -0.437. The molecule has 0 amide bonds. The molecule has 0 spiro atoms. The van der Waals surface area contributed by atoms with Gasteiger partial charge < -0.3 is 4.74 Å². The number of hydrogen-bond donors (Lipinski definition) is 0. The molecule has 0 aliphatic carbocycles. The van der Waals surface area contributed by atoms with Crippen molar-refractivity contribution in [2.24, 2.45) is 0 Å². The van der Waals surface area contributed by atoms with Gasteiger partial charge >= 0.3 is 5.97 Å². The van der Waals surface area contributed by atoms with Gasteiger partial charge in [-0.05, 0) is 77.9 Å². The lowest BCUT2D eigenvalue weighted by molar-refractivity contribution is -0.145. The van der Waals surface area contributed by atoms with Crippen molar-refractivity contribution in [1.82, 2.24) is 0 Å². The van der Waals surface area contributed by atoms with Crippen molar-refractivity contribution in [3.63, 3.8) is 0 Å². The summed E-state index contributed by atoms with van der Waals surface area (Å²) in [4.78, 5) is 11.8. The van der Waals surface area contributed by atoms with Gasteiger partial charge in [-0.15, -0.1) is 11.8 Å². The molecule has 0 fully saturated rings. The van der Waals surface area contributed by atoms with Crippen LogP contribution in [0.15, 0.2) is 60.8 Å². The summed E-state index contributed by atoms with van der Waals surface area (Å²) < 4.78 is 4.67. The summed E-state index contributed by atoms with van der Waals surface area (Å²) in [6.07, 6.45) is 30.8. The van der Waals surface area contributed by atoms with E-state index in [1.165, 1.54) is 0 Å². The Bertz CT molecular complexity index is 539. The Labute approximate surface area is 184 Å². The van der Waals surface area contributed by atoms with Gasteiger partial charge in [0.15, 0.2) is 0 Å². The highest BCUT2D eigenvalue weighted by Gasteiger charge is 2.29. The average Bonchev–Trinajstić information content (AvgIpc) is 2.70. The molecule has 0 rings (SSSR count). The van der Waals surface area contributed by atoms with E-state index in [1.54, 1.807) is 11.8 Å². The van der Waals surface area contributed by atoms with E-state index < -0.39 is 4.75 Å². The molecule has 0 aromatic carbocycles. The number of esters is 1. The summed E-state index contributed by atoms with van der Waals surface area (Å²) in [5, 5.41) is 0.